The predicted molar refractivity (Wildman–Crippen MR) is 94.1 cm³/mol. The summed E-state index contributed by atoms with van der Waals surface area (Å²) in [6.07, 6.45) is 2.97. The Balaban J connectivity index is 1.80. The number of anilines is 1. The van der Waals surface area contributed by atoms with Crippen LogP contribution in [0.25, 0.3) is 6.08 Å². The number of carbonyl (C=O) groups excluding carboxylic acids is 3. The molecule has 0 unspecified atom stereocenters. The lowest BCUT2D eigenvalue weighted by molar-refractivity contribution is -0.142. The third-order valence-electron chi connectivity index (χ3n) is 3.19. The molecule has 124 valence electrons. The molecule has 0 aliphatic heterocycles. The van der Waals surface area contributed by atoms with Crippen LogP contribution in [0, 0.1) is 6.92 Å². The molecule has 0 aliphatic rings. The highest BCUT2D eigenvalue weighted by molar-refractivity contribution is 7.11. The molecule has 2 aromatic rings. The number of amides is 1. The molecular formula is C18H17NO4S. The Kier molecular flexibility index (Phi) is 6.03. The topological polar surface area (TPSA) is 72.5 Å². The average Bonchev–Trinajstić information content (AvgIpc) is 2.96. The number of nitrogens with one attached hydrogen (secondary N) is 1. The SMILES string of the molecule is CC(=O)c1ccc(NC(=O)COC(=O)/C=C/c2sccc2C)cc1. The maximum absolute atomic E-state index is 11.7. The van der Waals surface area contributed by atoms with Crippen molar-refractivity contribution in [2.24, 2.45) is 0 Å². The molecule has 0 atom stereocenters. The fourth-order valence-electron chi connectivity index (χ4n) is 1.87. The summed E-state index contributed by atoms with van der Waals surface area (Å²) >= 11 is 1.52. The number of ether oxygens (including phenoxy) is 1. The molecule has 0 saturated carbocycles. The molecule has 0 saturated heterocycles. The lowest BCUT2D eigenvalue weighted by Gasteiger charge is -2.06. The average molecular weight is 343 g/mol. The predicted octanol–water partition coefficient (Wildman–Crippen LogP) is 3.45. The van der Waals surface area contributed by atoms with E-state index < -0.39 is 11.9 Å². The van der Waals surface area contributed by atoms with Crippen molar-refractivity contribution < 1.29 is 19.1 Å². The van der Waals surface area contributed by atoms with E-state index in [2.05, 4.69) is 5.32 Å². The Labute approximate surface area is 144 Å². The lowest BCUT2D eigenvalue weighted by Crippen LogP contribution is -2.20. The van der Waals surface area contributed by atoms with E-state index in [9.17, 15) is 14.4 Å². The molecule has 0 bridgehead atoms. The van der Waals surface area contributed by atoms with Gasteiger partial charge in [-0.3, -0.25) is 9.59 Å². The molecule has 0 radical (unpaired) electrons. The van der Waals surface area contributed by atoms with E-state index in [0.717, 1.165) is 10.4 Å². The summed E-state index contributed by atoms with van der Waals surface area (Å²) in [6.45, 7) is 3.05. The van der Waals surface area contributed by atoms with Crippen molar-refractivity contribution in [2.45, 2.75) is 13.8 Å². The monoisotopic (exact) mass is 343 g/mol. The molecule has 1 heterocycles. The van der Waals surface area contributed by atoms with Crippen molar-refractivity contribution in [1.82, 2.24) is 0 Å². The minimum absolute atomic E-state index is 0.0467. The second-order valence-corrected chi connectivity index (χ2v) is 6.04. The number of esters is 1. The third kappa shape index (κ3) is 5.17. The number of carbonyl (C=O) groups is 3. The first-order chi connectivity index (χ1) is 11.5. The molecule has 1 aromatic heterocycles. The Morgan fingerprint density at radius 3 is 2.46 bits per heavy atom. The van der Waals surface area contributed by atoms with Gasteiger partial charge in [-0.25, -0.2) is 4.79 Å². The standard InChI is InChI=1S/C18H17NO4S/c1-12-9-10-24-16(12)7-8-18(22)23-11-17(21)19-15-5-3-14(4-6-15)13(2)20/h3-10H,11H2,1-2H3,(H,19,21)/b8-7+. The van der Waals surface area contributed by atoms with E-state index in [4.69, 9.17) is 4.74 Å². The highest BCUT2D eigenvalue weighted by Gasteiger charge is 2.07. The first-order valence-electron chi connectivity index (χ1n) is 7.25. The van der Waals surface area contributed by atoms with Gasteiger partial charge in [0, 0.05) is 22.2 Å². The van der Waals surface area contributed by atoms with Crippen molar-refractivity contribution in [1.29, 1.82) is 0 Å². The lowest BCUT2D eigenvalue weighted by atomic mass is 10.1. The number of ketones is 1. The van der Waals surface area contributed by atoms with Gasteiger partial charge in [-0.1, -0.05) is 0 Å². The van der Waals surface area contributed by atoms with Gasteiger partial charge >= 0.3 is 5.97 Å². The van der Waals surface area contributed by atoms with Crippen LogP contribution in [0.2, 0.25) is 0 Å². The van der Waals surface area contributed by atoms with Gasteiger partial charge in [0.25, 0.3) is 5.91 Å². The van der Waals surface area contributed by atoms with Crippen molar-refractivity contribution in [2.75, 3.05) is 11.9 Å². The highest BCUT2D eigenvalue weighted by atomic mass is 32.1. The second kappa shape index (κ2) is 8.21. The van der Waals surface area contributed by atoms with Crippen LogP contribution in [0.15, 0.2) is 41.8 Å². The molecule has 1 aromatic carbocycles. The first kappa shape index (κ1) is 17.6. The Morgan fingerprint density at radius 2 is 1.88 bits per heavy atom. The highest BCUT2D eigenvalue weighted by Crippen LogP contribution is 2.17. The molecule has 6 heteroatoms. The number of rotatable bonds is 6. The molecule has 1 N–H and O–H groups in total. The first-order valence-corrected chi connectivity index (χ1v) is 8.13. The smallest absolute Gasteiger partial charge is 0.331 e. The normalized spacial score (nSPS) is 10.6. The fourth-order valence-corrected chi connectivity index (χ4v) is 2.69. The van der Waals surface area contributed by atoms with Crippen LogP contribution in [-0.4, -0.2) is 24.3 Å². The van der Waals surface area contributed by atoms with Gasteiger partial charge in [0.2, 0.25) is 0 Å². The summed E-state index contributed by atoms with van der Waals surface area (Å²) in [5.74, 6) is -1.07. The summed E-state index contributed by atoms with van der Waals surface area (Å²) in [7, 11) is 0. The Morgan fingerprint density at radius 1 is 1.17 bits per heavy atom. The number of hydrogen-bond acceptors (Lipinski definition) is 5. The van der Waals surface area contributed by atoms with E-state index in [-0.39, 0.29) is 12.4 Å². The molecule has 1 amide bonds. The number of thiophene rings is 1. The molecule has 5 nitrogen and oxygen atoms in total. The quantitative estimate of drug-likeness (QED) is 0.495. The van der Waals surface area contributed by atoms with Gasteiger partial charge < -0.3 is 10.1 Å². The van der Waals surface area contributed by atoms with Crippen molar-refractivity contribution in [3.63, 3.8) is 0 Å². The van der Waals surface area contributed by atoms with E-state index in [1.165, 1.54) is 24.3 Å². The van der Waals surface area contributed by atoms with Crippen LogP contribution in [0.5, 0.6) is 0 Å². The zero-order valence-corrected chi connectivity index (χ0v) is 14.2. The maximum Gasteiger partial charge on any atom is 0.331 e. The number of aryl methyl sites for hydroxylation is 1. The van der Waals surface area contributed by atoms with E-state index in [0.29, 0.717) is 11.3 Å². The largest absolute Gasteiger partial charge is 0.452 e. The molecule has 24 heavy (non-hydrogen) atoms. The van der Waals surface area contributed by atoms with E-state index >= 15 is 0 Å². The van der Waals surface area contributed by atoms with Gasteiger partial charge in [-0.05, 0) is 61.2 Å². The third-order valence-corrected chi connectivity index (χ3v) is 4.18. The van der Waals surface area contributed by atoms with Crippen molar-refractivity contribution in [3.8, 4) is 0 Å². The zero-order valence-electron chi connectivity index (χ0n) is 13.4. The minimum Gasteiger partial charge on any atom is -0.452 e. The second-order valence-electron chi connectivity index (χ2n) is 5.09. The summed E-state index contributed by atoms with van der Waals surface area (Å²) < 4.78 is 4.89. The van der Waals surface area contributed by atoms with Crippen LogP contribution >= 0.6 is 11.3 Å². The molecule has 2 rings (SSSR count). The molecule has 0 spiro atoms. The van der Waals surface area contributed by atoms with Crippen LogP contribution < -0.4 is 5.32 Å². The number of hydrogen-bond donors (Lipinski definition) is 1. The minimum atomic E-state index is -0.579. The van der Waals surface area contributed by atoms with E-state index in [1.54, 1.807) is 30.3 Å². The summed E-state index contributed by atoms with van der Waals surface area (Å²) in [4.78, 5) is 35.5. The van der Waals surface area contributed by atoms with E-state index in [1.807, 2.05) is 18.4 Å². The molecular weight excluding hydrogens is 326 g/mol. The van der Waals surface area contributed by atoms with Gasteiger partial charge in [0.05, 0.1) is 0 Å². The summed E-state index contributed by atoms with van der Waals surface area (Å²) in [6, 6.07) is 8.44. The maximum atomic E-state index is 11.7. The van der Waals surface area contributed by atoms with Gasteiger partial charge in [-0.2, -0.15) is 0 Å². The van der Waals surface area contributed by atoms with Gasteiger partial charge in [-0.15, -0.1) is 11.3 Å². The fraction of sp³-hybridized carbons (Fsp3) is 0.167. The summed E-state index contributed by atoms with van der Waals surface area (Å²) in [5.41, 5.74) is 2.18. The van der Waals surface area contributed by atoms with Crippen LogP contribution in [0.1, 0.15) is 27.7 Å². The summed E-state index contributed by atoms with van der Waals surface area (Å²) in [5, 5.41) is 4.53. The van der Waals surface area contributed by atoms with Crippen LogP contribution in [-0.2, 0) is 14.3 Å². The Hall–Kier alpha value is -2.73. The van der Waals surface area contributed by atoms with Gasteiger partial charge in [0.15, 0.2) is 12.4 Å². The van der Waals surface area contributed by atoms with Gasteiger partial charge in [0.1, 0.15) is 0 Å². The van der Waals surface area contributed by atoms with Crippen LogP contribution in [0.3, 0.4) is 0 Å². The number of benzene rings is 1. The van der Waals surface area contributed by atoms with Crippen LogP contribution in [0.4, 0.5) is 5.69 Å². The zero-order chi connectivity index (χ0) is 17.5. The molecule has 0 fully saturated rings. The van der Waals surface area contributed by atoms with Crippen molar-refractivity contribution in [3.05, 3.63) is 57.8 Å². The van der Waals surface area contributed by atoms with Crippen molar-refractivity contribution >= 4 is 40.8 Å². The molecule has 0 aliphatic carbocycles. The number of Topliss-reactive ketones (excluding diaryl/α,β-unsaturated/α-hetero) is 1. The Bertz CT molecular complexity index is 775.